The highest BCUT2D eigenvalue weighted by Gasteiger charge is 2.12. The van der Waals surface area contributed by atoms with Crippen LogP contribution in [-0.4, -0.2) is 11.1 Å². The molecule has 1 aliphatic rings. The summed E-state index contributed by atoms with van der Waals surface area (Å²) in [7, 11) is 0. The van der Waals surface area contributed by atoms with Crippen LogP contribution in [0.5, 0.6) is 0 Å². The first-order chi connectivity index (χ1) is 5.20. The van der Waals surface area contributed by atoms with Gasteiger partial charge in [0, 0.05) is 5.03 Å². The molecule has 0 bridgehead atoms. The SMILES string of the molecule is O=C(O)CC1=C(Cl)CCCC1. The molecule has 2 nitrogen and oxygen atoms in total. The molecular formula is C8H11ClO2. The normalized spacial score (nSPS) is 18.6. The fraction of sp³-hybridized carbons (Fsp3) is 0.625. The van der Waals surface area contributed by atoms with Crippen molar-refractivity contribution in [1.82, 2.24) is 0 Å². The summed E-state index contributed by atoms with van der Waals surface area (Å²) in [6.45, 7) is 0. The summed E-state index contributed by atoms with van der Waals surface area (Å²) in [5, 5.41) is 9.27. The maximum Gasteiger partial charge on any atom is 0.307 e. The molecule has 0 heterocycles. The van der Waals surface area contributed by atoms with Gasteiger partial charge in [-0.05, 0) is 31.3 Å². The number of rotatable bonds is 2. The topological polar surface area (TPSA) is 37.3 Å². The monoisotopic (exact) mass is 174 g/mol. The van der Waals surface area contributed by atoms with Gasteiger partial charge < -0.3 is 5.11 Å². The predicted molar refractivity (Wildman–Crippen MR) is 43.6 cm³/mol. The standard InChI is InChI=1S/C8H11ClO2/c9-7-4-2-1-3-6(7)5-8(10)11/h1-5H2,(H,10,11). The molecule has 1 N–H and O–H groups in total. The van der Waals surface area contributed by atoms with E-state index in [1.54, 1.807) is 0 Å². The molecule has 1 rings (SSSR count). The predicted octanol–water partition coefficient (Wildman–Crippen LogP) is 2.53. The van der Waals surface area contributed by atoms with Gasteiger partial charge in [-0.25, -0.2) is 0 Å². The van der Waals surface area contributed by atoms with E-state index in [0.717, 1.165) is 36.3 Å². The fourth-order valence-corrected chi connectivity index (χ4v) is 1.59. The van der Waals surface area contributed by atoms with Gasteiger partial charge >= 0.3 is 5.97 Å². The molecule has 0 aromatic rings. The Kier molecular flexibility index (Phi) is 2.94. The number of halogens is 1. The van der Waals surface area contributed by atoms with Gasteiger partial charge in [-0.1, -0.05) is 11.6 Å². The zero-order valence-corrected chi connectivity index (χ0v) is 7.02. The van der Waals surface area contributed by atoms with Crippen molar-refractivity contribution < 1.29 is 9.90 Å². The Morgan fingerprint density at radius 1 is 1.45 bits per heavy atom. The molecule has 0 aromatic carbocycles. The maximum absolute atomic E-state index is 10.3. The van der Waals surface area contributed by atoms with Crippen molar-refractivity contribution in [3.05, 3.63) is 10.6 Å². The summed E-state index contributed by atoms with van der Waals surface area (Å²) in [6, 6.07) is 0. The number of carbonyl (C=O) groups is 1. The highest BCUT2D eigenvalue weighted by atomic mass is 35.5. The van der Waals surface area contributed by atoms with Gasteiger partial charge in [0.25, 0.3) is 0 Å². The summed E-state index contributed by atoms with van der Waals surface area (Å²) in [4.78, 5) is 10.3. The second-order valence-corrected chi connectivity index (χ2v) is 3.24. The van der Waals surface area contributed by atoms with E-state index in [1.807, 2.05) is 0 Å². The Balaban J connectivity index is 2.59. The highest BCUT2D eigenvalue weighted by molar-refractivity contribution is 6.30. The van der Waals surface area contributed by atoms with E-state index in [0.29, 0.717) is 0 Å². The van der Waals surface area contributed by atoms with Crippen LogP contribution in [-0.2, 0) is 4.79 Å². The number of hydrogen-bond donors (Lipinski definition) is 1. The first-order valence-corrected chi connectivity index (χ1v) is 4.16. The average Bonchev–Trinajstić information content (AvgIpc) is 1.93. The van der Waals surface area contributed by atoms with Crippen LogP contribution in [0.15, 0.2) is 10.6 Å². The Hall–Kier alpha value is -0.500. The quantitative estimate of drug-likeness (QED) is 0.699. The van der Waals surface area contributed by atoms with Gasteiger partial charge in [-0.15, -0.1) is 0 Å². The van der Waals surface area contributed by atoms with Crippen LogP contribution in [0, 0.1) is 0 Å². The first-order valence-electron chi connectivity index (χ1n) is 3.78. The molecular weight excluding hydrogens is 164 g/mol. The molecule has 0 amide bonds. The average molecular weight is 175 g/mol. The van der Waals surface area contributed by atoms with Crippen molar-refractivity contribution in [2.24, 2.45) is 0 Å². The third-order valence-corrected chi connectivity index (χ3v) is 2.33. The lowest BCUT2D eigenvalue weighted by Crippen LogP contribution is -2.02. The molecule has 0 unspecified atom stereocenters. The molecule has 0 radical (unpaired) electrons. The highest BCUT2D eigenvalue weighted by Crippen LogP contribution is 2.29. The van der Waals surface area contributed by atoms with Crippen molar-refractivity contribution in [1.29, 1.82) is 0 Å². The van der Waals surface area contributed by atoms with Gasteiger partial charge in [-0.2, -0.15) is 0 Å². The molecule has 11 heavy (non-hydrogen) atoms. The van der Waals surface area contributed by atoms with Crippen LogP contribution >= 0.6 is 11.6 Å². The van der Waals surface area contributed by atoms with Crippen molar-refractivity contribution in [2.45, 2.75) is 32.1 Å². The number of aliphatic carboxylic acids is 1. The van der Waals surface area contributed by atoms with E-state index in [9.17, 15) is 4.79 Å². The van der Waals surface area contributed by atoms with Crippen LogP contribution in [0.25, 0.3) is 0 Å². The summed E-state index contributed by atoms with van der Waals surface area (Å²) in [5.74, 6) is -0.778. The molecule has 0 atom stereocenters. The third kappa shape index (κ3) is 2.54. The van der Waals surface area contributed by atoms with Crippen molar-refractivity contribution in [3.8, 4) is 0 Å². The lowest BCUT2D eigenvalue weighted by Gasteiger charge is -2.13. The Labute approximate surface area is 70.9 Å². The van der Waals surface area contributed by atoms with Crippen molar-refractivity contribution in [2.75, 3.05) is 0 Å². The van der Waals surface area contributed by atoms with Gasteiger partial charge in [-0.3, -0.25) is 4.79 Å². The summed E-state index contributed by atoms with van der Waals surface area (Å²) in [6.07, 6.45) is 4.04. The molecule has 1 aliphatic carbocycles. The van der Waals surface area contributed by atoms with Crippen LogP contribution in [0.4, 0.5) is 0 Å². The van der Waals surface area contributed by atoms with E-state index in [-0.39, 0.29) is 6.42 Å². The van der Waals surface area contributed by atoms with E-state index >= 15 is 0 Å². The number of allylic oxidation sites excluding steroid dienone is 1. The fourth-order valence-electron chi connectivity index (χ4n) is 1.30. The molecule has 0 aromatic heterocycles. The van der Waals surface area contributed by atoms with Crippen LogP contribution < -0.4 is 0 Å². The summed E-state index contributed by atoms with van der Waals surface area (Å²) < 4.78 is 0. The lowest BCUT2D eigenvalue weighted by molar-refractivity contribution is -0.136. The maximum atomic E-state index is 10.3. The minimum Gasteiger partial charge on any atom is -0.481 e. The van der Waals surface area contributed by atoms with Crippen LogP contribution in [0.3, 0.4) is 0 Å². The molecule has 0 saturated carbocycles. The van der Waals surface area contributed by atoms with Crippen LogP contribution in [0.2, 0.25) is 0 Å². The molecule has 0 saturated heterocycles. The molecule has 0 spiro atoms. The third-order valence-electron chi connectivity index (χ3n) is 1.87. The number of carboxylic acids is 1. The van der Waals surface area contributed by atoms with E-state index < -0.39 is 5.97 Å². The van der Waals surface area contributed by atoms with Gasteiger partial charge in [0.1, 0.15) is 0 Å². The molecule has 62 valence electrons. The number of hydrogen-bond acceptors (Lipinski definition) is 1. The zero-order valence-electron chi connectivity index (χ0n) is 6.27. The molecule has 0 aliphatic heterocycles. The number of carboxylic acid groups (broad SMARTS) is 1. The lowest BCUT2D eigenvalue weighted by atomic mass is 9.97. The second-order valence-electron chi connectivity index (χ2n) is 2.79. The van der Waals surface area contributed by atoms with Gasteiger partial charge in [0.2, 0.25) is 0 Å². The van der Waals surface area contributed by atoms with E-state index in [4.69, 9.17) is 16.7 Å². The first kappa shape index (κ1) is 8.60. The minimum absolute atomic E-state index is 0.124. The summed E-state index contributed by atoms with van der Waals surface area (Å²) in [5.41, 5.74) is 0.922. The zero-order chi connectivity index (χ0) is 8.27. The van der Waals surface area contributed by atoms with Crippen molar-refractivity contribution >= 4 is 17.6 Å². The Morgan fingerprint density at radius 3 is 2.64 bits per heavy atom. The molecule has 3 heteroatoms. The largest absolute Gasteiger partial charge is 0.481 e. The van der Waals surface area contributed by atoms with E-state index in [1.165, 1.54) is 0 Å². The van der Waals surface area contributed by atoms with Gasteiger partial charge in [0.15, 0.2) is 0 Å². The Morgan fingerprint density at radius 2 is 2.09 bits per heavy atom. The summed E-state index contributed by atoms with van der Waals surface area (Å²) >= 11 is 5.84. The molecule has 0 fully saturated rings. The van der Waals surface area contributed by atoms with E-state index in [2.05, 4.69) is 0 Å². The second kappa shape index (κ2) is 3.77. The van der Waals surface area contributed by atoms with Gasteiger partial charge in [0.05, 0.1) is 6.42 Å². The van der Waals surface area contributed by atoms with Crippen LogP contribution in [0.1, 0.15) is 32.1 Å². The Bertz CT molecular complexity index is 196. The smallest absolute Gasteiger partial charge is 0.307 e. The minimum atomic E-state index is -0.778. The van der Waals surface area contributed by atoms with Crippen molar-refractivity contribution in [3.63, 3.8) is 0 Å².